The molecule has 2 aromatic carbocycles. The van der Waals surface area contributed by atoms with Crippen LogP contribution in [0.1, 0.15) is 35.4 Å². The van der Waals surface area contributed by atoms with E-state index in [-0.39, 0.29) is 11.1 Å². The smallest absolute Gasteiger partial charge is 0.255 e. The number of nitrogens with zero attached hydrogens (tertiary/aromatic N) is 3. The van der Waals surface area contributed by atoms with E-state index >= 15 is 0 Å². The van der Waals surface area contributed by atoms with E-state index in [4.69, 9.17) is 0 Å². The van der Waals surface area contributed by atoms with Crippen LogP contribution in [0.3, 0.4) is 0 Å². The number of rotatable bonds is 3. The molecule has 0 saturated carbocycles. The summed E-state index contributed by atoms with van der Waals surface area (Å²) in [6, 6.07) is 9.69. The van der Waals surface area contributed by atoms with E-state index in [1.807, 2.05) is 4.57 Å². The monoisotopic (exact) mass is 368 g/mol. The van der Waals surface area contributed by atoms with Crippen LogP contribution in [0.5, 0.6) is 0 Å². The number of carbonyl (C=O) groups excluding carboxylic acids is 1. The number of amides is 1. The third-order valence-corrected chi connectivity index (χ3v) is 4.66. The van der Waals surface area contributed by atoms with Crippen molar-refractivity contribution in [2.75, 3.05) is 5.32 Å². The molecule has 0 spiro atoms. The molecule has 2 heterocycles. The van der Waals surface area contributed by atoms with E-state index in [9.17, 15) is 13.6 Å². The summed E-state index contributed by atoms with van der Waals surface area (Å²) < 4.78 is 29.7. The van der Waals surface area contributed by atoms with Gasteiger partial charge in [0.1, 0.15) is 17.5 Å². The van der Waals surface area contributed by atoms with Gasteiger partial charge in [-0.1, -0.05) is 12.5 Å². The van der Waals surface area contributed by atoms with Gasteiger partial charge in [0.05, 0.1) is 5.56 Å². The molecule has 0 unspecified atom stereocenters. The van der Waals surface area contributed by atoms with Gasteiger partial charge in [-0.15, -0.1) is 10.2 Å². The molecule has 3 aromatic rings. The summed E-state index contributed by atoms with van der Waals surface area (Å²) in [6.07, 6.45) is 3.97. The fourth-order valence-corrected chi connectivity index (χ4v) is 3.29. The molecular formula is C20H18F2N4O. The third kappa shape index (κ3) is 3.58. The minimum atomic E-state index is -0.492. The van der Waals surface area contributed by atoms with Gasteiger partial charge in [0, 0.05) is 24.2 Å². The fourth-order valence-electron chi connectivity index (χ4n) is 3.29. The number of nitrogens with one attached hydrogen (secondary N) is 1. The van der Waals surface area contributed by atoms with Crippen LogP contribution in [0.15, 0.2) is 42.5 Å². The predicted octanol–water partition coefficient (Wildman–Crippen LogP) is 4.20. The first-order valence-electron chi connectivity index (χ1n) is 8.91. The maximum Gasteiger partial charge on any atom is 0.255 e. The van der Waals surface area contributed by atoms with Crippen molar-refractivity contribution >= 4 is 11.6 Å². The van der Waals surface area contributed by atoms with Crippen LogP contribution in [0.25, 0.3) is 11.4 Å². The maximum atomic E-state index is 14.5. The Hall–Kier alpha value is -3.09. The van der Waals surface area contributed by atoms with Gasteiger partial charge in [-0.05, 0) is 49.2 Å². The molecule has 0 aliphatic carbocycles. The van der Waals surface area contributed by atoms with Gasteiger partial charge in [0.2, 0.25) is 0 Å². The van der Waals surface area contributed by atoms with Crippen molar-refractivity contribution in [3.8, 4) is 11.4 Å². The Labute approximate surface area is 155 Å². The van der Waals surface area contributed by atoms with Crippen molar-refractivity contribution in [3.05, 3.63) is 65.5 Å². The summed E-state index contributed by atoms with van der Waals surface area (Å²) in [5, 5.41) is 11.0. The van der Waals surface area contributed by atoms with Crippen molar-refractivity contribution in [1.82, 2.24) is 14.8 Å². The van der Waals surface area contributed by atoms with Gasteiger partial charge < -0.3 is 9.88 Å². The van der Waals surface area contributed by atoms with Crippen LogP contribution in [0, 0.1) is 11.6 Å². The summed E-state index contributed by atoms with van der Waals surface area (Å²) in [5.74, 6) is -0.0683. The molecule has 0 saturated heterocycles. The lowest BCUT2D eigenvalue weighted by molar-refractivity contribution is 0.102. The number of carbonyl (C=O) groups is 1. The topological polar surface area (TPSA) is 59.8 Å². The molecule has 0 bridgehead atoms. The highest BCUT2D eigenvalue weighted by molar-refractivity contribution is 6.04. The van der Waals surface area contributed by atoms with E-state index in [1.54, 1.807) is 0 Å². The number of aromatic nitrogens is 3. The number of halogens is 2. The highest BCUT2D eigenvalue weighted by atomic mass is 19.1. The van der Waals surface area contributed by atoms with E-state index in [1.165, 1.54) is 36.4 Å². The van der Waals surface area contributed by atoms with Crippen LogP contribution in [0.4, 0.5) is 14.5 Å². The average Bonchev–Trinajstić information content (AvgIpc) is 2.91. The molecule has 138 valence electrons. The molecule has 1 aromatic heterocycles. The lowest BCUT2D eigenvalue weighted by atomic mass is 10.1. The molecule has 0 atom stereocenters. The molecule has 0 fully saturated rings. The molecule has 1 aliphatic rings. The largest absolute Gasteiger partial charge is 0.322 e. The van der Waals surface area contributed by atoms with Crippen LogP contribution in [-0.2, 0) is 13.0 Å². The summed E-state index contributed by atoms with van der Waals surface area (Å²) >= 11 is 0. The van der Waals surface area contributed by atoms with Gasteiger partial charge in [-0.25, -0.2) is 8.78 Å². The standard InChI is InChI=1S/C20H18F2N4O/c21-14-6-4-5-13(11-14)20(27)23-15-8-9-17(22)16(12-15)19-25-24-18-7-2-1-3-10-26(18)19/h4-6,8-9,11-12H,1-3,7,10H2,(H,23,27). The van der Waals surface area contributed by atoms with Gasteiger partial charge in [0.25, 0.3) is 5.91 Å². The van der Waals surface area contributed by atoms with E-state index in [0.29, 0.717) is 11.5 Å². The Morgan fingerprint density at radius 3 is 2.78 bits per heavy atom. The number of fused-ring (bicyclic) bond motifs is 1. The molecule has 7 heteroatoms. The van der Waals surface area contributed by atoms with Crippen molar-refractivity contribution in [2.24, 2.45) is 0 Å². The Kier molecular flexibility index (Phi) is 4.66. The number of aryl methyl sites for hydroxylation is 1. The van der Waals surface area contributed by atoms with Gasteiger partial charge in [0.15, 0.2) is 5.82 Å². The zero-order valence-electron chi connectivity index (χ0n) is 14.6. The summed E-state index contributed by atoms with van der Waals surface area (Å²) in [7, 11) is 0. The van der Waals surface area contributed by atoms with Crippen molar-refractivity contribution in [1.29, 1.82) is 0 Å². The van der Waals surface area contributed by atoms with Crippen LogP contribution < -0.4 is 5.32 Å². The van der Waals surface area contributed by atoms with Gasteiger partial charge in [-0.2, -0.15) is 0 Å². The maximum absolute atomic E-state index is 14.5. The Morgan fingerprint density at radius 2 is 1.93 bits per heavy atom. The molecule has 27 heavy (non-hydrogen) atoms. The lowest BCUT2D eigenvalue weighted by Crippen LogP contribution is -2.12. The lowest BCUT2D eigenvalue weighted by Gasteiger charge is -2.10. The molecule has 0 radical (unpaired) electrons. The number of benzene rings is 2. The average molecular weight is 368 g/mol. The predicted molar refractivity (Wildman–Crippen MR) is 97.3 cm³/mol. The van der Waals surface area contributed by atoms with Crippen LogP contribution >= 0.6 is 0 Å². The molecule has 4 rings (SSSR count). The Bertz CT molecular complexity index is 999. The van der Waals surface area contributed by atoms with Crippen LogP contribution in [-0.4, -0.2) is 20.7 Å². The molecule has 1 aliphatic heterocycles. The molecule has 1 amide bonds. The zero-order valence-corrected chi connectivity index (χ0v) is 14.6. The summed E-state index contributed by atoms with van der Waals surface area (Å²) in [4.78, 5) is 12.3. The number of anilines is 1. The quantitative estimate of drug-likeness (QED) is 0.754. The zero-order chi connectivity index (χ0) is 18.8. The Balaban J connectivity index is 1.64. The number of hydrogen-bond donors (Lipinski definition) is 1. The van der Waals surface area contributed by atoms with Crippen LogP contribution in [0.2, 0.25) is 0 Å². The highest BCUT2D eigenvalue weighted by Gasteiger charge is 2.19. The second kappa shape index (κ2) is 7.26. The highest BCUT2D eigenvalue weighted by Crippen LogP contribution is 2.27. The normalized spacial score (nSPS) is 13.7. The van der Waals surface area contributed by atoms with Gasteiger partial charge >= 0.3 is 0 Å². The SMILES string of the molecule is O=C(Nc1ccc(F)c(-c2nnc3n2CCCCC3)c1)c1cccc(F)c1. The number of hydrogen-bond acceptors (Lipinski definition) is 3. The first-order chi connectivity index (χ1) is 13.1. The van der Waals surface area contributed by atoms with Gasteiger partial charge in [-0.3, -0.25) is 4.79 Å². The summed E-state index contributed by atoms with van der Waals surface area (Å²) in [6.45, 7) is 0.747. The molecule has 1 N–H and O–H groups in total. The molecular weight excluding hydrogens is 350 g/mol. The minimum Gasteiger partial charge on any atom is -0.322 e. The van der Waals surface area contributed by atoms with E-state index in [0.717, 1.165) is 44.1 Å². The van der Waals surface area contributed by atoms with E-state index in [2.05, 4.69) is 15.5 Å². The fraction of sp³-hybridized carbons (Fsp3) is 0.250. The first kappa shape index (κ1) is 17.3. The first-order valence-corrected chi connectivity index (χ1v) is 8.91. The van der Waals surface area contributed by atoms with Crippen molar-refractivity contribution in [2.45, 2.75) is 32.2 Å². The van der Waals surface area contributed by atoms with E-state index < -0.39 is 17.5 Å². The second-order valence-corrected chi connectivity index (χ2v) is 6.56. The summed E-state index contributed by atoms with van der Waals surface area (Å²) in [5.41, 5.74) is 0.886. The van der Waals surface area contributed by atoms with Crippen molar-refractivity contribution in [3.63, 3.8) is 0 Å². The molecule has 5 nitrogen and oxygen atoms in total. The van der Waals surface area contributed by atoms with Crippen molar-refractivity contribution < 1.29 is 13.6 Å². The third-order valence-electron chi connectivity index (χ3n) is 4.66. The Morgan fingerprint density at radius 1 is 1.04 bits per heavy atom. The second-order valence-electron chi connectivity index (χ2n) is 6.56. The minimum absolute atomic E-state index is 0.192.